The minimum atomic E-state index is -0.766. The predicted octanol–water partition coefficient (Wildman–Crippen LogP) is 4.39. The van der Waals surface area contributed by atoms with Gasteiger partial charge in [-0.15, -0.1) is 0 Å². The van der Waals surface area contributed by atoms with Gasteiger partial charge in [-0.25, -0.2) is 19.3 Å². The molecule has 2 amide bonds. The third-order valence-corrected chi connectivity index (χ3v) is 3.17. The molecular formula is C17H28BrNO6. The smallest absolute Gasteiger partial charge is 0.419 e. The van der Waals surface area contributed by atoms with E-state index in [4.69, 9.17) is 9.47 Å². The zero-order valence-electron chi connectivity index (χ0n) is 16.0. The molecule has 0 heterocycles. The molecule has 144 valence electrons. The highest BCUT2D eigenvalue weighted by Crippen LogP contribution is 2.16. The van der Waals surface area contributed by atoms with Crippen LogP contribution in [0.25, 0.3) is 0 Å². The van der Waals surface area contributed by atoms with Gasteiger partial charge in [0.25, 0.3) is 0 Å². The van der Waals surface area contributed by atoms with Crippen molar-refractivity contribution in [2.45, 2.75) is 65.6 Å². The molecular weight excluding hydrogens is 394 g/mol. The van der Waals surface area contributed by atoms with Gasteiger partial charge in [0.1, 0.15) is 11.2 Å². The number of ether oxygens (including phenoxy) is 3. The third-order valence-electron chi connectivity index (χ3n) is 2.52. The molecule has 7 nitrogen and oxygen atoms in total. The molecule has 8 heteroatoms. The molecule has 0 aromatic heterocycles. The van der Waals surface area contributed by atoms with E-state index in [-0.39, 0.29) is 11.0 Å². The number of carbonyl (C=O) groups excluding carboxylic acids is 3. The molecule has 0 radical (unpaired) electrons. The van der Waals surface area contributed by atoms with E-state index in [0.29, 0.717) is 12.8 Å². The van der Waals surface area contributed by atoms with E-state index in [1.54, 1.807) is 47.6 Å². The Bertz CT molecular complexity index is 488. The molecule has 0 bridgehead atoms. The zero-order chi connectivity index (χ0) is 19.8. The Labute approximate surface area is 157 Å². The van der Waals surface area contributed by atoms with E-state index >= 15 is 0 Å². The lowest BCUT2D eigenvalue weighted by atomic mass is 10.2. The first-order chi connectivity index (χ1) is 11.3. The molecule has 0 atom stereocenters. The summed E-state index contributed by atoms with van der Waals surface area (Å²) in [5.74, 6) is -0.490. The van der Waals surface area contributed by atoms with Crippen molar-refractivity contribution in [1.29, 1.82) is 0 Å². The fraction of sp³-hybridized carbons (Fsp3) is 0.706. The quantitative estimate of drug-likeness (QED) is 0.283. The Morgan fingerprint density at radius 1 is 0.960 bits per heavy atom. The van der Waals surface area contributed by atoms with Crippen LogP contribution >= 0.6 is 15.9 Å². The van der Waals surface area contributed by atoms with E-state index in [1.807, 2.05) is 0 Å². The van der Waals surface area contributed by atoms with Crippen molar-refractivity contribution in [3.8, 4) is 0 Å². The van der Waals surface area contributed by atoms with Crippen LogP contribution in [0.1, 0.15) is 54.4 Å². The van der Waals surface area contributed by atoms with E-state index < -0.39 is 29.4 Å². The number of allylic oxidation sites excluding steroid dienone is 1. The second-order valence-electron chi connectivity index (χ2n) is 7.30. The van der Waals surface area contributed by atoms with Gasteiger partial charge in [-0.2, -0.15) is 0 Å². The summed E-state index contributed by atoms with van der Waals surface area (Å²) in [6.45, 7) is 10.4. The largest absolute Gasteiger partial charge is 0.465 e. The maximum atomic E-state index is 12.3. The average Bonchev–Trinajstić information content (AvgIpc) is 2.41. The number of rotatable bonds is 5. The summed E-state index contributed by atoms with van der Waals surface area (Å²) in [4.78, 5) is 36.7. The van der Waals surface area contributed by atoms with Gasteiger partial charge in [-0.1, -0.05) is 6.08 Å². The van der Waals surface area contributed by atoms with Gasteiger partial charge in [-0.3, -0.25) is 0 Å². The predicted molar refractivity (Wildman–Crippen MR) is 97.4 cm³/mol. The lowest BCUT2D eigenvalue weighted by Crippen LogP contribution is -2.44. The van der Waals surface area contributed by atoms with Gasteiger partial charge in [0.05, 0.1) is 11.6 Å². The number of unbranched alkanes of at least 4 members (excludes halogenated alkanes) is 1. The van der Waals surface area contributed by atoms with Gasteiger partial charge < -0.3 is 14.2 Å². The van der Waals surface area contributed by atoms with Gasteiger partial charge in [-0.05, 0) is 70.3 Å². The lowest BCUT2D eigenvalue weighted by Gasteiger charge is -2.28. The Morgan fingerprint density at radius 2 is 1.40 bits per heavy atom. The minimum Gasteiger partial charge on any atom is -0.465 e. The number of hydrogen-bond acceptors (Lipinski definition) is 6. The molecule has 25 heavy (non-hydrogen) atoms. The van der Waals surface area contributed by atoms with Crippen LogP contribution in [0.4, 0.5) is 9.59 Å². The number of methoxy groups -OCH3 is 1. The summed E-state index contributed by atoms with van der Waals surface area (Å²) in [5, 5.41) is 0. The van der Waals surface area contributed by atoms with Crippen LogP contribution in [-0.2, 0) is 19.0 Å². The van der Waals surface area contributed by atoms with Crippen LogP contribution in [0.15, 0.2) is 10.6 Å². The number of halogens is 1. The Kier molecular flexibility index (Phi) is 9.18. The lowest BCUT2D eigenvalue weighted by molar-refractivity contribution is -0.135. The molecule has 0 aromatic rings. The minimum absolute atomic E-state index is 0.0990. The average molecular weight is 422 g/mol. The van der Waals surface area contributed by atoms with Crippen molar-refractivity contribution in [2.24, 2.45) is 0 Å². The van der Waals surface area contributed by atoms with Crippen LogP contribution in [0.3, 0.4) is 0 Å². The van der Waals surface area contributed by atoms with Crippen molar-refractivity contribution in [3.63, 3.8) is 0 Å². The van der Waals surface area contributed by atoms with Crippen LogP contribution in [-0.4, -0.2) is 47.9 Å². The van der Waals surface area contributed by atoms with Crippen LogP contribution in [0.2, 0.25) is 0 Å². The van der Waals surface area contributed by atoms with Gasteiger partial charge in [0.2, 0.25) is 0 Å². The van der Waals surface area contributed by atoms with E-state index in [2.05, 4.69) is 20.7 Å². The van der Waals surface area contributed by atoms with Gasteiger partial charge in [0, 0.05) is 6.54 Å². The highest BCUT2D eigenvalue weighted by Gasteiger charge is 2.30. The number of nitrogens with zero attached hydrogens (tertiary/aromatic N) is 1. The number of imide groups is 1. The first-order valence-corrected chi connectivity index (χ1v) is 8.73. The molecule has 0 spiro atoms. The summed E-state index contributed by atoms with van der Waals surface area (Å²) in [6, 6.07) is 0. The third kappa shape index (κ3) is 10.8. The van der Waals surface area contributed by atoms with Crippen LogP contribution in [0.5, 0.6) is 0 Å². The number of hydrogen-bond donors (Lipinski definition) is 0. The van der Waals surface area contributed by atoms with Crippen molar-refractivity contribution >= 4 is 34.1 Å². The highest BCUT2D eigenvalue weighted by molar-refractivity contribution is 9.12. The summed E-state index contributed by atoms with van der Waals surface area (Å²) in [7, 11) is 1.28. The number of esters is 1. The van der Waals surface area contributed by atoms with Gasteiger partial charge >= 0.3 is 18.2 Å². The van der Waals surface area contributed by atoms with Crippen molar-refractivity contribution in [1.82, 2.24) is 4.90 Å². The molecule has 0 fully saturated rings. The van der Waals surface area contributed by atoms with E-state index in [9.17, 15) is 14.4 Å². The summed E-state index contributed by atoms with van der Waals surface area (Å²) in [5.41, 5.74) is -1.46. The summed E-state index contributed by atoms with van der Waals surface area (Å²) < 4.78 is 15.4. The monoisotopic (exact) mass is 421 g/mol. The molecule has 0 rings (SSSR count). The fourth-order valence-electron chi connectivity index (χ4n) is 1.55. The summed E-state index contributed by atoms with van der Waals surface area (Å²) >= 11 is 3.10. The van der Waals surface area contributed by atoms with Crippen molar-refractivity contribution in [3.05, 3.63) is 10.6 Å². The Morgan fingerprint density at radius 3 is 1.76 bits per heavy atom. The molecule has 0 aliphatic carbocycles. The van der Waals surface area contributed by atoms with Crippen molar-refractivity contribution in [2.75, 3.05) is 13.7 Å². The molecule has 0 aliphatic heterocycles. The molecule has 0 saturated heterocycles. The first-order valence-electron chi connectivity index (χ1n) is 7.94. The molecule has 0 unspecified atom stereocenters. The summed E-state index contributed by atoms with van der Waals surface area (Å²) in [6.07, 6.45) is 0.979. The normalized spacial score (nSPS) is 12.4. The van der Waals surface area contributed by atoms with E-state index in [0.717, 1.165) is 4.90 Å². The molecule has 0 saturated carbocycles. The van der Waals surface area contributed by atoms with Crippen LogP contribution < -0.4 is 0 Å². The van der Waals surface area contributed by atoms with E-state index in [1.165, 1.54) is 7.11 Å². The molecule has 0 N–H and O–H groups in total. The highest BCUT2D eigenvalue weighted by atomic mass is 79.9. The topological polar surface area (TPSA) is 82.1 Å². The standard InChI is InChI=1S/C17H28BrNO6/c1-16(2,3)24-14(21)19(15(22)25-17(4,5)6)11-9-8-10-12(18)13(20)23-7/h10H,8-9,11H2,1-7H3. The maximum Gasteiger partial charge on any atom is 0.419 e. The zero-order valence-corrected chi connectivity index (χ0v) is 17.6. The second-order valence-corrected chi connectivity index (χ2v) is 8.15. The SMILES string of the molecule is COC(=O)C(Br)=CCCCN(C(=O)OC(C)(C)C)C(=O)OC(C)(C)C. The van der Waals surface area contributed by atoms with Crippen molar-refractivity contribution < 1.29 is 28.6 Å². The molecule has 0 aromatic carbocycles. The first kappa shape index (κ1) is 23.4. The Balaban J connectivity index is 4.94. The molecule has 0 aliphatic rings. The number of amides is 2. The Hall–Kier alpha value is -1.57. The number of carbonyl (C=O) groups is 3. The second kappa shape index (κ2) is 9.79. The van der Waals surface area contributed by atoms with Gasteiger partial charge in [0.15, 0.2) is 0 Å². The maximum absolute atomic E-state index is 12.3. The van der Waals surface area contributed by atoms with Crippen LogP contribution in [0, 0.1) is 0 Å². The fourth-order valence-corrected chi connectivity index (χ4v) is 1.94.